The predicted molar refractivity (Wildman–Crippen MR) is 73.1 cm³/mol. The van der Waals surface area contributed by atoms with Gasteiger partial charge in [0, 0.05) is 18.1 Å². The van der Waals surface area contributed by atoms with Crippen LogP contribution in [0.5, 0.6) is 0 Å². The van der Waals surface area contributed by atoms with Crippen LogP contribution in [0.3, 0.4) is 0 Å². The standard InChI is InChI=1S/C15H15NO3/c1-11(17)15(12-5-3-2-4-6-12)13-7-9-14(10-8-13)16(18)19/h2-11,15,17H,1H3. The lowest BCUT2D eigenvalue weighted by Crippen LogP contribution is -2.15. The maximum atomic E-state index is 10.6. The molecule has 2 unspecified atom stereocenters. The first kappa shape index (κ1) is 13.2. The van der Waals surface area contributed by atoms with E-state index in [0.29, 0.717) is 0 Å². The van der Waals surface area contributed by atoms with Crippen LogP contribution in [0.25, 0.3) is 0 Å². The van der Waals surface area contributed by atoms with Gasteiger partial charge in [-0.15, -0.1) is 0 Å². The summed E-state index contributed by atoms with van der Waals surface area (Å²) in [6.07, 6.45) is -0.566. The van der Waals surface area contributed by atoms with Gasteiger partial charge in [0.25, 0.3) is 5.69 Å². The van der Waals surface area contributed by atoms with Gasteiger partial charge in [-0.3, -0.25) is 10.1 Å². The fourth-order valence-corrected chi connectivity index (χ4v) is 2.21. The lowest BCUT2D eigenvalue weighted by molar-refractivity contribution is -0.384. The van der Waals surface area contributed by atoms with Crippen molar-refractivity contribution in [1.82, 2.24) is 0 Å². The van der Waals surface area contributed by atoms with Crippen molar-refractivity contribution >= 4 is 5.69 Å². The molecular weight excluding hydrogens is 242 g/mol. The van der Waals surface area contributed by atoms with Crippen molar-refractivity contribution in [1.29, 1.82) is 0 Å². The van der Waals surface area contributed by atoms with Crippen molar-refractivity contribution in [3.63, 3.8) is 0 Å². The van der Waals surface area contributed by atoms with Gasteiger partial charge in [0.15, 0.2) is 0 Å². The SMILES string of the molecule is CC(O)C(c1ccccc1)c1ccc([N+](=O)[O-])cc1. The molecule has 2 aromatic carbocycles. The molecule has 0 fully saturated rings. The van der Waals surface area contributed by atoms with E-state index in [1.54, 1.807) is 19.1 Å². The molecule has 0 saturated carbocycles. The number of nitro benzene ring substituents is 1. The van der Waals surface area contributed by atoms with Gasteiger partial charge in [0.1, 0.15) is 0 Å². The van der Waals surface area contributed by atoms with Gasteiger partial charge in [-0.2, -0.15) is 0 Å². The molecule has 0 amide bonds. The summed E-state index contributed by atoms with van der Waals surface area (Å²) in [4.78, 5) is 10.2. The van der Waals surface area contributed by atoms with E-state index in [1.165, 1.54) is 12.1 Å². The van der Waals surface area contributed by atoms with Crippen LogP contribution in [0.2, 0.25) is 0 Å². The molecule has 98 valence electrons. The predicted octanol–water partition coefficient (Wildman–Crippen LogP) is 3.11. The number of non-ortho nitro benzene ring substituents is 1. The lowest BCUT2D eigenvalue weighted by Gasteiger charge is -2.20. The van der Waals surface area contributed by atoms with Crippen molar-refractivity contribution < 1.29 is 10.0 Å². The Balaban J connectivity index is 2.37. The average Bonchev–Trinajstić information content (AvgIpc) is 2.40. The lowest BCUT2D eigenvalue weighted by atomic mass is 9.87. The summed E-state index contributed by atoms with van der Waals surface area (Å²) in [5, 5.41) is 20.6. The second-order valence-corrected chi connectivity index (χ2v) is 4.48. The fraction of sp³-hybridized carbons (Fsp3) is 0.200. The van der Waals surface area contributed by atoms with Gasteiger partial charge >= 0.3 is 0 Å². The molecule has 19 heavy (non-hydrogen) atoms. The highest BCUT2D eigenvalue weighted by atomic mass is 16.6. The first-order chi connectivity index (χ1) is 9.09. The first-order valence-electron chi connectivity index (χ1n) is 6.07. The minimum absolute atomic E-state index is 0.0566. The number of nitro groups is 1. The van der Waals surface area contributed by atoms with Crippen LogP contribution in [-0.2, 0) is 0 Å². The highest BCUT2D eigenvalue weighted by molar-refractivity contribution is 5.39. The van der Waals surface area contributed by atoms with Gasteiger partial charge in [0.05, 0.1) is 11.0 Å². The van der Waals surface area contributed by atoms with Crippen LogP contribution in [0.4, 0.5) is 5.69 Å². The number of benzene rings is 2. The van der Waals surface area contributed by atoms with E-state index in [4.69, 9.17) is 0 Å². The van der Waals surface area contributed by atoms with E-state index < -0.39 is 11.0 Å². The molecule has 4 nitrogen and oxygen atoms in total. The molecule has 1 N–H and O–H groups in total. The molecule has 0 saturated heterocycles. The summed E-state index contributed by atoms with van der Waals surface area (Å²) in [5.74, 6) is -0.179. The van der Waals surface area contributed by atoms with Crippen molar-refractivity contribution in [3.05, 3.63) is 75.8 Å². The highest BCUT2D eigenvalue weighted by Crippen LogP contribution is 2.29. The van der Waals surface area contributed by atoms with E-state index in [2.05, 4.69) is 0 Å². The second-order valence-electron chi connectivity index (χ2n) is 4.48. The van der Waals surface area contributed by atoms with E-state index >= 15 is 0 Å². The third-order valence-corrected chi connectivity index (χ3v) is 3.10. The summed E-state index contributed by atoms with van der Waals surface area (Å²) < 4.78 is 0. The van der Waals surface area contributed by atoms with Crippen molar-refractivity contribution in [3.8, 4) is 0 Å². The number of aliphatic hydroxyl groups excluding tert-OH is 1. The molecule has 0 radical (unpaired) electrons. The van der Waals surface area contributed by atoms with Crippen molar-refractivity contribution in [2.24, 2.45) is 0 Å². The van der Waals surface area contributed by atoms with Crippen molar-refractivity contribution in [2.75, 3.05) is 0 Å². The molecular formula is C15H15NO3. The molecule has 0 aromatic heterocycles. The fourth-order valence-electron chi connectivity index (χ4n) is 2.21. The molecule has 0 bridgehead atoms. The molecule has 2 rings (SSSR count). The normalized spacial score (nSPS) is 13.8. The summed E-state index contributed by atoms with van der Waals surface area (Å²) in [7, 11) is 0. The van der Waals surface area contributed by atoms with E-state index in [0.717, 1.165) is 11.1 Å². The van der Waals surface area contributed by atoms with Gasteiger partial charge in [0.2, 0.25) is 0 Å². The monoisotopic (exact) mass is 257 g/mol. The zero-order valence-electron chi connectivity index (χ0n) is 10.6. The number of nitrogens with zero attached hydrogens (tertiary/aromatic N) is 1. The van der Waals surface area contributed by atoms with Crippen LogP contribution < -0.4 is 0 Å². The van der Waals surface area contributed by atoms with Crippen LogP contribution >= 0.6 is 0 Å². The van der Waals surface area contributed by atoms with Crippen LogP contribution in [0.15, 0.2) is 54.6 Å². The molecule has 2 atom stereocenters. The zero-order valence-corrected chi connectivity index (χ0v) is 10.6. The highest BCUT2D eigenvalue weighted by Gasteiger charge is 2.20. The molecule has 0 aliphatic rings. The Morgan fingerprint density at radius 3 is 2.00 bits per heavy atom. The van der Waals surface area contributed by atoms with Gasteiger partial charge in [-0.05, 0) is 18.1 Å². The molecule has 4 heteroatoms. The first-order valence-corrected chi connectivity index (χ1v) is 6.07. The minimum atomic E-state index is -0.566. The topological polar surface area (TPSA) is 63.4 Å². The number of hydrogen-bond acceptors (Lipinski definition) is 3. The summed E-state index contributed by atoms with van der Waals surface area (Å²) >= 11 is 0. The Bertz CT molecular complexity index is 549. The quantitative estimate of drug-likeness (QED) is 0.676. The summed E-state index contributed by atoms with van der Waals surface area (Å²) in [5.41, 5.74) is 1.92. The summed E-state index contributed by atoms with van der Waals surface area (Å²) in [6.45, 7) is 1.72. The maximum Gasteiger partial charge on any atom is 0.269 e. The third kappa shape index (κ3) is 2.98. The van der Waals surface area contributed by atoms with Gasteiger partial charge in [-0.1, -0.05) is 42.5 Å². The smallest absolute Gasteiger partial charge is 0.269 e. The Morgan fingerprint density at radius 2 is 1.53 bits per heavy atom. The third-order valence-electron chi connectivity index (χ3n) is 3.10. The van der Waals surface area contributed by atoms with Crippen LogP contribution in [0.1, 0.15) is 24.0 Å². The molecule has 2 aromatic rings. The number of rotatable bonds is 4. The van der Waals surface area contributed by atoms with Crippen LogP contribution in [-0.4, -0.2) is 16.1 Å². The largest absolute Gasteiger partial charge is 0.392 e. The Morgan fingerprint density at radius 1 is 1.00 bits per heavy atom. The number of hydrogen-bond donors (Lipinski definition) is 1. The molecule has 0 aliphatic heterocycles. The van der Waals surface area contributed by atoms with Gasteiger partial charge < -0.3 is 5.11 Å². The Hall–Kier alpha value is -2.20. The number of aliphatic hydroxyl groups is 1. The van der Waals surface area contributed by atoms with Crippen molar-refractivity contribution in [2.45, 2.75) is 18.9 Å². The second kappa shape index (κ2) is 5.63. The zero-order chi connectivity index (χ0) is 13.8. The van der Waals surface area contributed by atoms with E-state index in [1.807, 2.05) is 30.3 Å². The summed E-state index contributed by atoms with van der Waals surface area (Å²) in [6, 6.07) is 16.0. The molecule has 0 spiro atoms. The Kier molecular flexibility index (Phi) is 3.92. The molecule has 0 heterocycles. The van der Waals surface area contributed by atoms with E-state index in [9.17, 15) is 15.2 Å². The Labute approximate surface area is 111 Å². The maximum absolute atomic E-state index is 10.6. The average molecular weight is 257 g/mol. The van der Waals surface area contributed by atoms with E-state index in [-0.39, 0.29) is 11.6 Å². The molecule has 0 aliphatic carbocycles. The van der Waals surface area contributed by atoms with Crippen LogP contribution in [0, 0.1) is 10.1 Å². The van der Waals surface area contributed by atoms with Gasteiger partial charge in [-0.25, -0.2) is 0 Å². The minimum Gasteiger partial charge on any atom is -0.392 e.